The number of carbonyl (C=O) groups is 1. The van der Waals surface area contributed by atoms with Gasteiger partial charge in [0.25, 0.3) is 0 Å². The van der Waals surface area contributed by atoms with E-state index >= 15 is 0 Å². The first-order chi connectivity index (χ1) is 9.24. The van der Waals surface area contributed by atoms with Crippen LogP contribution >= 0.6 is 0 Å². The smallest absolute Gasteiger partial charge is 0.227 e. The molecule has 0 radical (unpaired) electrons. The predicted octanol–water partition coefficient (Wildman–Crippen LogP) is 2.89. The molecule has 1 heterocycles. The monoisotopic (exact) mass is 259 g/mol. The number of hydrogen-bond donors (Lipinski definition) is 0. The zero-order valence-corrected chi connectivity index (χ0v) is 11.5. The minimum Gasteiger partial charge on any atom is -0.496 e. The van der Waals surface area contributed by atoms with Gasteiger partial charge in [0, 0.05) is 18.7 Å². The van der Waals surface area contributed by atoms with Crippen LogP contribution in [0.15, 0.2) is 24.8 Å². The molecule has 1 amide bonds. The van der Waals surface area contributed by atoms with E-state index in [1.165, 1.54) is 6.42 Å². The molecule has 0 saturated carbocycles. The molecule has 1 saturated heterocycles. The number of hydrogen-bond acceptors (Lipinski definition) is 2. The van der Waals surface area contributed by atoms with Crippen LogP contribution in [-0.2, 0) is 11.2 Å². The number of nitrogens with zero attached hydrogens (tertiary/aromatic N) is 1. The Labute approximate surface area is 114 Å². The van der Waals surface area contributed by atoms with E-state index in [0.29, 0.717) is 6.42 Å². The van der Waals surface area contributed by atoms with Crippen LogP contribution in [0.5, 0.6) is 5.75 Å². The van der Waals surface area contributed by atoms with Crippen molar-refractivity contribution in [2.24, 2.45) is 0 Å². The molecule has 1 aliphatic heterocycles. The van der Waals surface area contributed by atoms with Crippen molar-refractivity contribution in [3.63, 3.8) is 0 Å². The van der Waals surface area contributed by atoms with Crippen LogP contribution < -0.4 is 4.74 Å². The highest BCUT2D eigenvalue weighted by Crippen LogP contribution is 2.22. The fraction of sp³-hybridized carbons (Fsp3) is 0.438. The van der Waals surface area contributed by atoms with Gasteiger partial charge >= 0.3 is 0 Å². The summed E-state index contributed by atoms with van der Waals surface area (Å²) in [5, 5.41) is 0. The lowest BCUT2D eigenvalue weighted by Gasteiger charge is -2.27. The van der Waals surface area contributed by atoms with Gasteiger partial charge in [0.15, 0.2) is 0 Å². The van der Waals surface area contributed by atoms with Crippen molar-refractivity contribution in [1.29, 1.82) is 0 Å². The Morgan fingerprint density at radius 1 is 1.37 bits per heavy atom. The Balaban J connectivity index is 2.09. The van der Waals surface area contributed by atoms with Crippen LogP contribution in [0.1, 0.15) is 30.4 Å². The standard InChI is InChI=1S/C16H21NO2/c1-3-13-7-8-14(15(11-13)19-2)12-16(18)17-9-5-4-6-10-17/h3,7-8,11H,1,4-6,9-10,12H2,2H3. The van der Waals surface area contributed by atoms with Crippen LogP contribution in [0.25, 0.3) is 6.08 Å². The maximum Gasteiger partial charge on any atom is 0.227 e. The van der Waals surface area contributed by atoms with Gasteiger partial charge in [-0.15, -0.1) is 0 Å². The van der Waals surface area contributed by atoms with Gasteiger partial charge in [-0.3, -0.25) is 4.79 Å². The molecule has 0 atom stereocenters. The molecule has 0 spiro atoms. The summed E-state index contributed by atoms with van der Waals surface area (Å²) in [5.74, 6) is 0.965. The average Bonchev–Trinajstić information content (AvgIpc) is 2.48. The summed E-state index contributed by atoms with van der Waals surface area (Å²) < 4.78 is 5.36. The van der Waals surface area contributed by atoms with E-state index in [9.17, 15) is 4.79 Å². The average molecular weight is 259 g/mol. The quantitative estimate of drug-likeness (QED) is 0.832. The summed E-state index contributed by atoms with van der Waals surface area (Å²) in [5.41, 5.74) is 1.95. The maximum absolute atomic E-state index is 12.2. The van der Waals surface area contributed by atoms with Crippen molar-refractivity contribution in [3.8, 4) is 5.75 Å². The molecular formula is C16H21NO2. The molecule has 102 valence electrons. The summed E-state index contributed by atoms with van der Waals surface area (Å²) >= 11 is 0. The first-order valence-electron chi connectivity index (χ1n) is 6.81. The summed E-state index contributed by atoms with van der Waals surface area (Å²) in [6, 6.07) is 5.85. The van der Waals surface area contributed by atoms with Crippen LogP contribution in [0.3, 0.4) is 0 Å². The Morgan fingerprint density at radius 2 is 2.11 bits per heavy atom. The van der Waals surface area contributed by atoms with Gasteiger partial charge in [0.05, 0.1) is 13.5 Å². The van der Waals surface area contributed by atoms with Gasteiger partial charge in [-0.2, -0.15) is 0 Å². The van der Waals surface area contributed by atoms with E-state index in [1.54, 1.807) is 13.2 Å². The molecule has 1 aromatic rings. The van der Waals surface area contributed by atoms with Crippen LogP contribution in [0.4, 0.5) is 0 Å². The third-order valence-corrected chi connectivity index (χ3v) is 3.60. The first-order valence-corrected chi connectivity index (χ1v) is 6.81. The molecule has 0 bridgehead atoms. The molecule has 0 aliphatic carbocycles. The number of ether oxygens (including phenoxy) is 1. The van der Waals surface area contributed by atoms with E-state index in [2.05, 4.69) is 6.58 Å². The molecule has 0 aromatic heterocycles. The third-order valence-electron chi connectivity index (χ3n) is 3.60. The predicted molar refractivity (Wildman–Crippen MR) is 77.2 cm³/mol. The number of amides is 1. The highest BCUT2D eigenvalue weighted by atomic mass is 16.5. The molecule has 0 unspecified atom stereocenters. The molecule has 3 heteroatoms. The van der Waals surface area contributed by atoms with E-state index in [0.717, 1.165) is 42.8 Å². The minimum absolute atomic E-state index is 0.198. The van der Waals surface area contributed by atoms with Crippen molar-refractivity contribution in [2.75, 3.05) is 20.2 Å². The summed E-state index contributed by atoms with van der Waals surface area (Å²) in [7, 11) is 1.64. The van der Waals surface area contributed by atoms with Gasteiger partial charge in [0.1, 0.15) is 5.75 Å². The zero-order chi connectivity index (χ0) is 13.7. The summed E-state index contributed by atoms with van der Waals surface area (Å²) in [6.45, 7) is 5.53. The number of piperidine rings is 1. The highest BCUT2D eigenvalue weighted by Gasteiger charge is 2.18. The number of methoxy groups -OCH3 is 1. The number of rotatable bonds is 4. The number of benzene rings is 1. The Bertz CT molecular complexity index is 462. The maximum atomic E-state index is 12.2. The molecule has 1 aromatic carbocycles. The minimum atomic E-state index is 0.198. The van der Waals surface area contributed by atoms with Crippen molar-refractivity contribution < 1.29 is 9.53 Å². The van der Waals surface area contributed by atoms with Crippen molar-refractivity contribution in [3.05, 3.63) is 35.9 Å². The molecule has 1 fully saturated rings. The summed E-state index contributed by atoms with van der Waals surface area (Å²) in [6.07, 6.45) is 5.68. The number of likely N-dealkylation sites (tertiary alicyclic amines) is 1. The normalized spacial score (nSPS) is 15.1. The number of carbonyl (C=O) groups excluding carboxylic acids is 1. The Kier molecular flexibility index (Phi) is 4.61. The topological polar surface area (TPSA) is 29.5 Å². The van der Waals surface area contributed by atoms with Crippen molar-refractivity contribution >= 4 is 12.0 Å². The van der Waals surface area contributed by atoms with Gasteiger partial charge in [0.2, 0.25) is 5.91 Å². The zero-order valence-electron chi connectivity index (χ0n) is 11.5. The molecule has 0 N–H and O–H groups in total. The van der Waals surface area contributed by atoms with E-state index in [4.69, 9.17) is 4.74 Å². The highest BCUT2D eigenvalue weighted by molar-refractivity contribution is 5.79. The largest absolute Gasteiger partial charge is 0.496 e. The first kappa shape index (κ1) is 13.7. The van der Waals surface area contributed by atoms with E-state index in [1.807, 2.05) is 23.1 Å². The molecule has 19 heavy (non-hydrogen) atoms. The van der Waals surface area contributed by atoms with Gasteiger partial charge in [-0.05, 0) is 30.9 Å². The van der Waals surface area contributed by atoms with Gasteiger partial charge < -0.3 is 9.64 Å². The van der Waals surface area contributed by atoms with Crippen molar-refractivity contribution in [1.82, 2.24) is 4.90 Å². The molecule has 3 nitrogen and oxygen atoms in total. The lowest BCUT2D eigenvalue weighted by Crippen LogP contribution is -2.36. The van der Waals surface area contributed by atoms with Crippen LogP contribution in [-0.4, -0.2) is 31.0 Å². The lowest BCUT2D eigenvalue weighted by atomic mass is 10.1. The molecular weight excluding hydrogens is 238 g/mol. The summed E-state index contributed by atoms with van der Waals surface area (Å²) in [4.78, 5) is 14.2. The van der Waals surface area contributed by atoms with Gasteiger partial charge in [-0.1, -0.05) is 24.8 Å². The second-order valence-corrected chi connectivity index (χ2v) is 4.89. The second-order valence-electron chi connectivity index (χ2n) is 4.89. The van der Waals surface area contributed by atoms with E-state index < -0.39 is 0 Å². The SMILES string of the molecule is C=Cc1ccc(CC(=O)N2CCCCC2)c(OC)c1. The van der Waals surface area contributed by atoms with E-state index in [-0.39, 0.29) is 5.91 Å². The fourth-order valence-corrected chi connectivity index (χ4v) is 2.45. The lowest BCUT2D eigenvalue weighted by molar-refractivity contribution is -0.131. The third kappa shape index (κ3) is 3.37. The van der Waals surface area contributed by atoms with Crippen LogP contribution in [0.2, 0.25) is 0 Å². The molecule has 2 rings (SSSR count). The Morgan fingerprint density at radius 3 is 2.74 bits per heavy atom. The fourth-order valence-electron chi connectivity index (χ4n) is 2.45. The van der Waals surface area contributed by atoms with Crippen LogP contribution in [0, 0.1) is 0 Å². The molecule has 1 aliphatic rings. The van der Waals surface area contributed by atoms with Gasteiger partial charge in [-0.25, -0.2) is 0 Å². The Hall–Kier alpha value is -1.77. The second kappa shape index (κ2) is 6.41. The van der Waals surface area contributed by atoms with Crippen molar-refractivity contribution in [2.45, 2.75) is 25.7 Å².